The summed E-state index contributed by atoms with van der Waals surface area (Å²) in [6.07, 6.45) is 0.385. The van der Waals surface area contributed by atoms with E-state index in [4.69, 9.17) is 23.2 Å². The zero-order valence-electron chi connectivity index (χ0n) is 19.8. The molecule has 0 spiro atoms. The molecule has 0 saturated heterocycles. The zero-order chi connectivity index (χ0) is 25.4. The second-order valence-electron chi connectivity index (χ2n) is 8.87. The summed E-state index contributed by atoms with van der Waals surface area (Å²) >= 11 is 16.3. The lowest BCUT2D eigenvalue weighted by molar-refractivity contribution is -0.140. The molecule has 0 aliphatic rings. The highest BCUT2D eigenvalue weighted by molar-refractivity contribution is 9.10. The van der Waals surface area contributed by atoms with E-state index >= 15 is 0 Å². The standard InChI is InChI=1S/C28H29BrCl2N2O2/c1-19(2)17-32-28(35)26(15-20-8-4-3-5-9-20)33(18-21-10-6-11-22(29)14-21)27(34)16-23-24(30)12-7-13-25(23)31/h3-14,19,26H,15-18H2,1-2H3,(H,32,35)/t26-/m0/s1. The van der Waals surface area contributed by atoms with Gasteiger partial charge in [-0.3, -0.25) is 9.59 Å². The molecule has 0 bridgehead atoms. The first-order valence-corrected chi connectivity index (χ1v) is 13.1. The Morgan fingerprint density at radius 3 is 2.17 bits per heavy atom. The summed E-state index contributed by atoms with van der Waals surface area (Å²) in [5, 5.41) is 3.88. The first-order chi connectivity index (χ1) is 16.7. The lowest BCUT2D eigenvalue weighted by atomic mass is 10.0. The number of rotatable bonds is 10. The van der Waals surface area contributed by atoms with E-state index in [1.54, 1.807) is 23.1 Å². The van der Waals surface area contributed by atoms with Gasteiger partial charge in [0.05, 0.1) is 6.42 Å². The number of nitrogens with one attached hydrogen (secondary N) is 1. The summed E-state index contributed by atoms with van der Waals surface area (Å²) in [5.74, 6) is -0.121. The van der Waals surface area contributed by atoms with Gasteiger partial charge < -0.3 is 10.2 Å². The molecule has 0 aliphatic carbocycles. The Labute approximate surface area is 225 Å². The fourth-order valence-corrected chi connectivity index (χ4v) is 4.74. The minimum absolute atomic E-state index is 0.00470. The van der Waals surface area contributed by atoms with Crippen LogP contribution in [0.25, 0.3) is 0 Å². The van der Waals surface area contributed by atoms with Crippen molar-refractivity contribution in [1.82, 2.24) is 10.2 Å². The van der Waals surface area contributed by atoms with E-state index in [2.05, 4.69) is 21.2 Å². The third-order valence-electron chi connectivity index (χ3n) is 5.59. The van der Waals surface area contributed by atoms with Gasteiger partial charge in [-0.15, -0.1) is 0 Å². The SMILES string of the molecule is CC(C)CNC(=O)[C@H](Cc1ccccc1)N(Cc1cccc(Br)c1)C(=O)Cc1c(Cl)cccc1Cl. The van der Waals surface area contributed by atoms with Crippen molar-refractivity contribution >= 4 is 50.9 Å². The number of carbonyl (C=O) groups excluding carboxylic acids is 2. The van der Waals surface area contributed by atoms with Crippen LogP contribution in [0.3, 0.4) is 0 Å². The molecule has 0 fully saturated rings. The Hall–Kier alpha value is -2.34. The molecule has 7 heteroatoms. The van der Waals surface area contributed by atoms with Gasteiger partial charge in [0.1, 0.15) is 6.04 Å². The summed E-state index contributed by atoms with van der Waals surface area (Å²) < 4.78 is 0.903. The van der Waals surface area contributed by atoms with E-state index < -0.39 is 6.04 Å². The van der Waals surface area contributed by atoms with Crippen molar-refractivity contribution in [2.24, 2.45) is 5.92 Å². The van der Waals surface area contributed by atoms with Crippen LogP contribution in [0.5, 0.6) is 0 Å². The highest BCUT2D eigenvalue weighted by atomic mass is 79.9. The van der Waals surface area contributed by atoms with Crippen molar-refractivity contribution < 1.29 is 9.59 Å². The van der Waals surface area contributed by atoms with E-state index in [0.717, 1.165) is 15.6 Å². The maximum Gasteiger partial charge on any atom is 0.243 e. The molecule has 35 heavy (non-hydrogen) atoms. The molecule has 3 aromatic carbocycles. The van der Waals surface area contributed by atoms with Gasteiger partial charge in [-0.2, -0.15) is 0 Å². The van der Waals surface area contributed by atoms with Crippen LogP contribution < -0.4 is 5.32 Å². The summed E-state index contributed by atoms with van der Waals surface area (Å²) in [4.78, 5) is 28.9. The van der Waals surface area contributed by atoms with Gasteiger partial charge in [0.25, 0.3) is 0 Å². The van der Waals surface area contributed by atoms with Crippen molar-refractivity contribution in [2.75, 3.05) is 6.54 Å². The first-order valence-electron chi connectivity index (χ1n) is 11.5. The van der Waals surface area contributed by atoms with Gasteiger partial charge in [-0.05, 0) is 46.9 Å². The van der Waals surface area contributed by atoms with Crippen LogP contribution >= 0.6 is 39.1 Å². The molecular formula is C28H29BrCl2N2O2. The number of hydrogen-bond donors (Lipinski definition) is 1. The molecule has 0 aromatic heterocycles. The Morgan fingerprint density at radius 2 is 1.54 bits per heavy atom. The molecule has 0 unspecified atom stereocenters. The van der Waals surface area contributed by atoms with Crippen molar-refractivity contribution in [1.29, 1.82) is 0 Å². The van der Waals surface area contributed by atoms with E-state index in [9.17, 15) is 9.59 Å². The van der Waals surface area contributed by atoms with E-state index in [0.29, 0.717) is 28.6 Å². The zero-order valence-corrected chi connectivity index (χ0v) is 22.9. The number of nitrogens with zero attached hydrogens (tertiary/aromatic N) is 1. The highest BCUT2D eigenvalue weighted by Gasteiger charge is 2.31. The fraction of sp³-hybridized carbons (Fsp3) is 0.286. The van der Waals surface area contributed by atoms with Gasteiger partial charge >= 0.3 is 0 Å². The molecule has 2 amide bonds. The van der Waals surface area contributed by atoms with E-state index in [1.807, 2.05) is 68.4 Å². The summed E-state index contributed by atoms with van der Waals surface area (Å²) in [6, 6.07) is 21.9. The van der Waals surface area contributed by atoms with Crippen LogP contribution in [0, 0.1) is 5.92 Å². The molecular weight excluding hydrogens is 547 g/mol. The average Bonchev–Trinajstić information content (AvgIpc) is 2.82. The first kappa shape index (κ1) is 27.3. The smallest absolute Gasteiger partial charge is 0.243 e. The lowest BCUT2D eigenvalue weighted by Crippen LogP contribution is -2.51. The van der Waals surface area contributed by atoms with Crippen LogP contribution in [0.4, 0.5) is 0 Å². The Kier molecular flexibility index (Phi) is 10.2. The minimum atomic E-state index is -0.705. The van der Waals surface area contributed by atoms with Gasteiger partial charge in [0.15, 0.2) is 0 Å². The number of benzene rings is 3. The lowest BCUT2D eigenvalue weighted by Gasteiger charge is -2.32. The maximum atomic E-state index is 13.8. The van der Waals surface area contributed by atoms with Crippen molar-refractivity contribution in [3.63, 3.8) is 0 Å². The summed E-state index contributed by atoms with van der Waals surface area (Å²) in [5.41, 5.74) is 2.44. The normalized spacial score (nSPS) is 11.8. The fourth-order valence-electron chi connectivity index (χ4n) is 3.76. The number of amides is 2. The number of hydrogen-bond acceptors (Lipinski definition) is 2. The minimum Gasteiger partial charge on any atom is -0.354 e. The van der Waals surface area contributed by atoms with E-state index in [1.165, 1.54) is 0 Å². The van der Waals surface area contributed by atoms with Gasteiger partial charge in [-0.1, -0.05) is 102 Å². The third-order valence-corrected chi connectivity index (χ3v) is 6.79. The third kappa shape index (κ3) is 8.09. The number of halogens is 3. The molecule has 0 saturated carbocycles. The van der Waals surface area contributed by atoms with Crippen LogP contribution in [-0.2, 0) is 29.0 Å². The Morgan fingerprint density at radius 1 is 0.914 bits per heavy atom. The van der Waals surface area contributed by atoms with Crippen molar-refractivity contribution in [3.05, 3.63) is 104 Å². The van der Waals surface area contributed by atoms with E-state index in [-0.39, 0.29) is 30.7 Å². The Bertz CT molecular complexity index is 1130. The van der Waals surface area contributed by atoms with Crippen molar-refractivity contribution in [2.45, 2.75) is 39.3 Å². The molecule has 1 atom stereocenters. The van der Waals surface area contributed by atoms with Gasteiger partial charge in [-0.25, -0.2) is 0 Å². The second-order valence-corrected chi connectivity index (χ2v) is 10.6. The number of carbonyl (C=O) groups is 2. The van der Waals surface area contributed by atoms with Crippen LogP contribution in [0.15, 0.2) is 77.3 Å². The molecule has 1 N–H and O–H groups in total. The molecule has 0 radical (unpaired) electrons. The maximum absolute atomic E-state index is 13.8. The van der Waals surface area contributed by atoms with Crippen LogP contribution in [-0.4, -0.2) is 29.3 Å². The molecule has 3 aromatic rings. The van der Waals surface area contributed by atoms with Gasteiger partial charge in [0.2, 0.25) is 11.8 Å². The largest absolute Gasteiger partial charge is 0.354 e. The Balaban J connectivity index is 2.00. The van der Waals surface area contributed by atoms with Gasteiger partial charge in [0, 0.05) is 34.0 Å². The average molecular weight is 576 g/mol. The topological polar surface area (TPSA) is 49.4 Å². The predicted octanol–water partition coefficient (Wildman–Crippen LogP) is 6.71. The van der Waals surface area contributed by atoms with Crippen molar-refractivity contribution in [3.8, 4) is 0 Å². The molecule has 3 rings (SSSR count). The highest BCUT2D eigenvalue weighted by Crippen LogP contribution is 2.26. The summed E-state index contributed by atoms with van der Waals surface area (Å²) in [7, 11) is 0. The van der Waals surface area contributed by atoms with Crippen LogP contribution in [0.2, 0.25) is 10.0 Å². The predicted molar refractivity (Wildman–Crippen MR) is 147 cm³/mol. The van der Waals surface area contributed by atoms with Crippen LogP contribution in [0.1, 0.15) is 30.5 Å². The summed E-state index contributed by atoms with van der Waals surface area (Å²) in [6.45, 7) is 4.87. The quantitative estimate of drug-likeness (QED) is 0.292. The molecule has 0 aliphatic heterocycles. The monoisotopic (exact) mass is 574 g/mol. The molecule has 4 nitrogen and oxygen atoms in total. The second kappa shape index (κ2) is 13.1. The molecule has 0 heterocycles. The molecule has 184 valence electrons.